The maximum atomic E-state index is 12.6. The Kier molecular flexibility index (Phi) is 4.37. The molecule has 1 aromatic carbocycles. The average Bonchev–Trinajstić information content (AvgIpc) is 3.29. The molecule has 5 nitrogen and oxygen atoms in total. The third kappa shape index (κ3) is 3.55. The average molecular weight is 312 g/mol. The Hall–Kier alpha value is -2.30. The summed E-state index contributed by atoms with van der Waals surface area (Å²) in [6.07, 6.45) is 2.40. The summed E-state index contributed by atoms with van der Waals surface area (Å²) in [5, 5.41) is 7.21. The van der Waals surface area contributed by atoms with Crippen molar-refractivity contribution >= 4 is 11.6 Å². The van der Waals surface area contributed by atoms with Crippen molar-refractivity contribution in [3.63, 3.8) is 0 Å². The van der Waals surface area contributed by atoms with E-state index in [1.807, 2.05) is 32.0 Å². The van der Waals surface area contributed by atoms with E-state index in [9.17, 15) is 4.79 Å². The van der Waals surface area contributed by atoms with Crippen molar-refractivity contribution < 1.29 is 4.79 Å². The monoisotopic (exact) mass is 312 g/mol. The van der Waals surface area contributed by atoms with Crippen molar-refractivity contribution in [1.82, 2.24) is 15.1 Å². The smallest absolute Gasteiger partial charge is 0.274 e. The Labute approximate surface area is 137 Å². The van der Waals surface area contributed by atoms with Gasteiger partial charge < -0.3 is 9.80 Å². The number of carbonyl (C=O) groups excluding carboxylic acids is 1. The van der Waals surface area contributed by atoms with Crippen LogP contribution >= 0.6 is 0 Å². The normalized spacial score (nSPS) is 13.9. The number of benzene rings is 1. The van der Waals surface area contributed by atoms with Crippen LogP contribution in [0.15, 0.2) is 30.3 Å². The minimum absolute atomic E-state index is 0.00710. The molecule has 0 spiro atoms. The van der Waals surface area contributed by atoms with Crippen LogP contribution in [0.25, 0.3) is 0 Å². The third-order valence-electron chi connectivity index (χ3n) is 4.33. The van der Waals surface area contributed by atoms with E-state index in [4.69, 9.17) is 0 Å². The molecule has 0 saturated heterocycles. The van der Waals surface area contributed by atoms with E-state index in [1.165, 1.54) is 12.8 Å². The van der Waals surface area contributed by atoms with Crippen LogP contribution in [0.1, 0.15) is 47.4 Å². The second kappa shape index (κ2) is 6.44. The van der Waals surface area contributed by atoms with Gasteiger partial charge in [-0.05, 0) is 43.5 Å². The van der Waals surface area contributed by atoms with E-state index >= 15 is 0 Å². The molecule has 1 saturated carbocycles. The Morgan fingerprint density at radius 1 is 1.26 bits per heavy atom. The van der Waals surface area contributed by atoms with Crippen LogP contribution in [0.5, 0.6) is 0 Å². The summed E-state index contributed by atoms with van der Waals surface area (Å²) in [6, 6.07) is 10.2. The second-order valence-corrected chi connectivity index (χ2v) is 6.36. The van der Waals surface area contributed by atoms with Crippen molar-refractivity contribution in [2.24, 2.45) is 0 Å². The van der Waals surface area contributed by atoms with Gasteiger partial charge in [0.15, 0.2) is 0 Å². The van der Waals surface area contributed by atoms with E-state index in [0.717, 1.165) is 16.9 Å². The molecule has 5 heteroatoms. The van der Waals surface area contributed by atoms with Crippen LogP contribution in [-0.4, -0.2) is 41.6 Å². The van der Waals surface area contributed by atoms with Gasteiger partial charge in [0.2, 0.25) is 0 Å². The van der Waals surface area contributed by atoms with Crippen molar-refractivity contribution in [3.05, 3.63) is 47.3 Å². The molecule has 1 aliphatic carbocycles. The zero-order chi connectivity index (χ0) is 16.4. The SMILES string of the molecule is CCN(Cc1ccc(N(C)C)cc1)C(=O)c1cc(C2CC2)[nH]n1. The van der Waals surface area contributed by atoms with Crippen LogP contribution in [0.2, 0.25) is 0 Å². The fourth-order valence-electron chi connectivity index (χ4n) is 2.66. The van der Waals surface area contributed by atoms with Crippen molar-refractivity contribution in [2.45, 2.75) is 32.2 Å². The maximum absolute atomic E-state index is 12.6. The van der Waals surface area contributed by atoms with Gasteiger partial charge in [0.25, 0.3) is 5.91 Å². The lowest BCUT2D eigenvalue weighted by Crippen LogP contribution is -2.30. The zero-order valence-electron chi connectivity index (χ0n) is 14.0. The summed E-state index contributed by atoms with van der Waals surface area (Å²) in [7, 11) is 4.04. The first-order valence-electron chi connectivity index (χ1n) is 8.19. The lowest BCUT2D eigenvalue weighted by Gasteiger charge is -2.20. The highest BCUT2D eigenvalue weighted by molar-refractivity contribution is 5.92. The standard InChI is InChI=1S/C18H24N4O/c1-4-22(12-13-5-9-15(10-6-13)21(2)3)18(23)17-11-16(19-20-17)14-7-8-14/h5-6,9-11,14H,4,7-8,12H2,1-3H3,(H,19,20). The number of carbonyl (C=O) groups is 1. The molecule has 1 aliphatic rings. The molecule has 0 unspecified atom stereocenters. The number of rotatable bonds is 6. The molecule has 1 fully saturated rings. The summed E-state index contributed by atoms with van der Waals surface area (Å²) in [5.74, 6) is 0.574. The van der Waals surface area contributed by atoms with Gasteiger partial charge in [-0.3, -0.25) is 9.89 Å². The Bertz CT molecular complexity index is 671. The van der Waals surface area contributed by atoms with E-state index in [0.29, 0.717) is 24.7 Å². The van der Waals surface area contributed by atoms with Crippen LogP contribution in [-0.2, 0) is 6.54 Å². The molecule has 0 bridgehead atoms. The first-order chi connectivity index (χ1) is 11.1. The molecule has 1 amide bonds. The molecule has 0 atom stereocenters. The van der Waals surface area contributed by atoms with Gasteiger partial charge in [-0.2, -0.15) is 5.10 Å². The van der Waals surface area contributed by atoms with Crippen LogP contribution in [0.4, 0.5) is 5.69 Å². The van der Waals surface area contributed by atoms with Gasteiger partial charge in [-0.1, -0.05) is 12.1 Å². The summed E-state index contributed by atoms with van der Waals surface area (Å²) in [4.78, 5) is 16.5. The number of H-pyrrole nitrogens is 1. The fraction of sp³-hybridized carbons (Fsp3) is 0.444. The van der Waals surface area contributed by atoms with E-state index in [2.05, 4.69) is 39.4 Å². The minimum Gasteiger partial charge on any atom is -0.378 e. The maximum Gasteiger partial charge on any atom is 0.274 e. The summed E-state index contributed by atoms with van der Waals surface area (Å²) in [6.45, 7) is 3.27. The highest BCUT2D eigenvalue weighted by Gasteiger charge is 2.27. The molecule has 1 N–H and O–H groups in total. The molecule has 1 aromatic heterocycles. The van der Waals surface area contributed by atoms with Crippen molar-refractivity contribution in [1.29, 1.82) is 0 Å². The fourth-order valence-corrected chi connectivity index (χ4v) is 2.66. The Morgan fingerprint density at radius 3 is 2.52 bits per heavy atom. The van der Waals surface area contributed by atoms with Crippen molar-refractivity contribution in [3.8, 4) is 0 Å². The Balaban J connectivity index is 1.69. The summed E-state index contributed by atoms with van der Waals surface area (Å²) < 4.78 is 0. The van der Waals surface area contributed by atoms with Crippen LogP contribution < -0.4 is 4.90 Å². The third-order valence-corrected chi connectivity index (χ3v) is 4.33. The van der Waals surface area contributed by atoms with Gasteiger partial charge in [-0.25, -0.2) is 0 Å². The van der Waals surface area contributed by atoms with E-state index in [-0.39, 0.29) is 5.91 Å². The molecular formula is C18H24N4O. The number of nitrogens with zero attached hydrogens (tertiary/aromatic N) is 3. The number of anilines is 1. The quantitative estimate of drug-likeness (QED) is 0.892. The number of aromatic nitrogens is 2. The number of amides is 1. The minimum atomic E-state index is -0.00710. The molecule has 0 aliphatic heterocycles. The summed E-state index contributed by atoms with van der Waals surface area (Å²) in [5.41, 5.74) is 3.91. The molecule has 1 heterocycles. The molecule has 2 aromatic rings. The van der Waals surface area contributed by atoms with Crippen molar-refractivity contribution in [2.75, 3.05) is 25.5 Å². The largest absolute Gasteiger partial charge is 0.378 e. The van der Waals surface area contributed by atoms with Gasteiger partial charge in [-0.15, -0.1) is 0 Å². The zero-order valence-corrected chi connectivity index (χ0v) is 14.0. The van der Waals surface area contributed by atoms with E-state index < -0.39 is 0 Å². The molecule has 122 valence electrons. The lowest BCUT2D eigenvalue weighted by atomic mass is 10.1. The predicted molar refractivity (Wildman–Crippen MR) is 91.7 cm³/mol. The second-order valence-electron chi connectivity index (χ2n) is 6.36. The van der Waals surface area contributed by atoms with Crippen LogP contribution in [0.3, 0.4) is 0 Å². The van der Waals surface area contributed by atoms with Gasteiger partial charge in [0, 0.05) is 44.5 Å². The molecule has 0 radical (unpaired) electrons. The van der Waals surface area contributed by atoms with E-state index in [1.54, 1.807) is 0 Å². The topological polar surface area (TPSA) is 52.2 Å². The van der Waals surface area contributed by atoms with Gasteiger partial charge in [0.1, 0.15) is 5.69 Å². The highest BCUT2D eigenvalue weighted by atomic mass is 16.2. The lowest BCUT2D eigenvalue weighted by molar-refractivity contribution is 0.0746. The number of nitrogens with one attached hydrogen (secondary N) is 1. The molecule has 3 rings (SSSR count). The first-order valence-corrected chi connectivity index (χ1v) is 8.19. The number of aromatic amines is 1. The first kappa shape index (κ1) is 15.6. The Morgan fingerprint density at radius 2 is 1.96 bits per heavy atom. The molecular weight excluding hydrogens is 288 g/mol. The number of hydrogen-bond acceptors (Lipinski definition) is 3. The predicted octanol–water partition coefficient (Wildman–Crippen LogP) is 3.02. The molecule has 23 heavy (non-hydrogen) atoms. The van der Waals surface area contributed by atoms with Gasteiger partial charge >= 0.3 is 0 Å². The van der Waals surface area contributed by atoms with Crippen LogP contribution in [0, 0.1) is 0 Å². The number of hydrogen-bond donors (Lipinski definition) is 1. The summed E-state index contributed by atoms with van der Waals surface area (Å²) >= 11 is 0. The highest BCUT2D eigenvalue weighted by Crippen LogP contribution is 2.39. The van der Waals surface area contributed by atoms with Gasteiger partial charge in [0.05, 0.1) is 0 Å².